The molecule has 1 aliphatic rings. The molecule has 7 nitrogen and oxygen atoms in total. The van der Waals surface area contributed by atoms with Crippen LogP contribution in [0.4, 0.5) is 0 Å². The van der Waals surface area contributed by atoms with Crippen LogP contribution in [-0.2, 0) is 10.0 Å². The highest BCUT2D eigenvalue weighted by atomic mass is 32.2. The number of aromatic hydroxyl groups is 1. The van der Waals surface area contributed by atoms with Crippen molar-refractivity contribution < 1.29 is 28.5 Å². The van der Waals surface area contributed by atoms with E-state index < -0.39 is 21.9 Å². The van der Waals surface area contributed by atoms with Crippen molar-refractivity contribution in [1.29, 1.82) is 0 Å². The fraction of sp³-hybridized carbons (Fsp3) is 0.0952. The summed E-state index contributed by atoms with van der Waals surface area (Å²) < 4.78 is 27.1. The molecule has 0 bridgehead atoms. The molecule has 2 atom stereocenters. The molecular weight excluding hydrogens is 394 g/mol. The van der Waals surface area contributed by atoms with E-state index in [0.717, 1.165) is 18.2 Å². The molecule has 2 unspecified atom stereocenters. The number of rotatable bonds is 6. The summed E-state index contributed by atoms with van der Waals surface area (Å²) in [6.45, 7) is 0. The molecule has 0 saturated heterocycles. The largest absolute Gasteiger partial charge is 0.508 e. The minimum Gasteiger partial charge on any atom is -0.508 e. The third-order valence-corrected chi connectivity index (χ3v) is 5.79. The number of hydrogen-bond acceptors (Lipinski definition) is 6. The molecule has 8 heteroatoms. The Morgan fingerprint density at radius 2 is 1.72 bits per heavy atom. The van der Waals surface area contributed by atoms with Crippen molar-refractivity contribution in [3.63, 3.8) is 0 Å². The second-order valence-corrected chi connectivity index (χ2v) is 8.10. The van der Waals surface area contributed by atoms with E-state index in [9.17, 15) is 28.5 Å². The van der Waals surface area contributed by atoms with Crippen LogP contribution in [0.1, 0.15) is 10.4 Å². The van der Waals surface area contributed by atoms with Gasteiger partial charge in [-0.15, -0.1) is 0 Å². The van der Waals surface area contributed by atoms with Crippen molar-refractivity contribution in [1.82, 2.24) is 4.72 Å². The minimum absolute atomic E-state index is 0.112. The van der Waals surface area contributed by atoms with Gasteiger partial charge in [0.2, 0.25) is 10.0 Å². The third-order valence-electron chi connectivity index (χ3n) is 4.30. The zero-order valence-electron chi connectivity index (χ0n) is 15.1. The molecule has 0 fully saturated rings. The Morgan fingerprint density at radius 1 is 1.07 bits per heavy atom. The van der Waals surface area contributed by atoms with Gasteiger partial charge in [-0.05, 0) is 42.0 Å². The van der Waals surface area contributed by atoms with Crippen LogP contribution in [0, 0.1) is 0 Å². The third kappa shape index (κ3) is 4.69. The molecule has 4 N–H and O–H groups in total. The van der Waals surface area contributed by atoms with Gasteiger partial charge in [-0.1, -0.05) is 48.6 Å². The van der Waals surface area contributed by atoms with Crippen molar-refractivity contribution in [2.45, 2.75) is 16.7 Å². The van der Waals surface area contributed by atoms with Crippen LogP contribution in [0.2, 0.25) is 0 Å². The Labute approximate surface area is 168 Å². The number of carbonyl (C=O) groups excluding carboxylic acids is 1. The number of carbonyl (C=O) groups is 1. The fourth-order valence-electron chi connectivity index (χ4n) is 2.75. The molecule has 3 rings (SSSR count). The van der Waals surface area contributed by atoms with Crippen molar-refractivity contribution in [2.24, 2.45) is 0 Å². The van der Waals surface area contributed by atoms with Gasteiger partial charge in [0.15, 0.2) is 11.5 Å². The number of benzene rings is 2. The first-order valence-electron chi connectivity index (χ1n) is 8.62. The van der Waals surface area contributed by atoms with E-state index in [0.29, 0.717) is 5.56 Å². The first-order chi connectivity index (χ1) is 13.7. The lowest BCUT2D eigenvalue weighted by molar-refractivity contribution is -0.0278. The molecular formula is C21H19NO6S. The maximum absolute atomic E-state index is 12.5. The number of nitrogens with one attached hydrogen (secondary N) is 1. The standard InChI is InChI=1S/C21H19NO6S/c23-17-9-11-18(12-10-17)29(27,28)22-21(26)14-4-7-16(20(21)25)8-13-19(24)15-5-2-1-3-6-15/h1-14,20,22-23,25-26H/b13-8+. The summed E-state index contributed by atoms with van der Waals surface area (Å²) in [5.74, 6) is -0.417. The van der Waals surface area contributed by atoms with Gasteiger partial charge in [0, 0.05) is 5.56 Å². The van der Waals surface area contributed by atoms with Crippen LogP contribution < -0.4 is 4.72 Å². The Kier molecular flexibility index (Phi) is 5.81. The number of aliphatic hydroxyl groups is 2. The van der Waals surface area contributed by atoms with Gasteiger partial charge in [-0.2, -0.15) is 4.72 Å². The normalized spacial score (nSPS) is 21.9. The molecule has 0 radical (unpaired) electrons. The van der Waals surface area contributed by atoms with Crippen LogP contribution in [0.25, 0.3) is 0 Å². The summed E-state index contributed by atoms with van der Waals surface area (Å²) in [5.41, 5.74) is -1.72. The van der Waals surface area contributed by atoms with Crippen molar-refractivity contribution in [3.05, 3.63) is 96.1 Å². The van der Waals surface area contributed by atoms with Gasteiger partial charge in [-0.3, -0.25) is 4.79 Å². The van der Waals surface area contributed by atoms with Gasteiger partial charge in [-0.25, -0.2) is 8.42 Å². The average molecular weight is 413 g/mol. The lowest BCUT2D eigenvalue weighted by Crippen LogP contribution is -2.56. The molecule has 0 aliphatic heterocycles. The van der Waals surface area contributed by atoms with Crippen LogP contribution in [0.15, 0.2) is 95.4 Å². The Hall–Kier alpha value is -3.04. The second-order valence-electron chi connectivity index (χ2n) is 6.42. The van der Waals surface area contributed by atoms with E-state index in [4.69, 9.17) is 0 Å². The number of allylic oxidation sites excluding steroid dienone is 3. The van der Waals surface area contributed by atoms with E-state index in [-0.39, 0.29) is 22.0 Å². The molecule has 150 valence electrons. The van der Waals surface area contributed by atoms with Gasteiger partial charge in [0.1, 0.15) is 11.9 Å². The SMILES string of the molecule is O=C(/C=C/C1=CC=CC(O)(NS(=O)(=O)c2ccc(O)cc2)C1O)c1ccccc1. The second kappa shape index (κ2) is 8.14. The molecule has 0 saturated carbocycles. The summed E-state index contributed by atoms with van der Waals surface area (Å²) in [6.07, 6.45) is 4.84. The van der Waals surface area contributed by atoms with Gasteiger partial charge < -0.3 is 15.3 Å². The zero-order chi connectivity index (χ0) is 21.1. The Balaban J connectivity index is 1.79. The molecule has 0 heterocycles. The van der Waals surface area contributed by atoms with Crippen molar-refractivity contribution in [3.8, 4) is 5.75 Å². The highest BCUT2D eigenvalue weighted by molar-refractivity contribution is 7.89. The number of phenolic OH excluding ortho intramolecular Hbond substituents is 1. The zero-order valence-corrected chi connectivity index (χ0v) is 16.0. The molecule has 29 heavy (non-hydrogen) atoms. The molecule has 1 aliphatic carbocycles. The molecule has 2 aromatic rings. The van der Waals surface area contributed by atoms with Gasteiger partial charge in [0.25, 0.3) is 0 Å². The highest BCUT2D eigenvalue weighted by Gasteiger charge is 2.40. The van der Waals surface area contributed by atoms with Gasteiger partial charge >= 0.3 is 0 Å². The fourth-order valence-corrected chi connectivity index (χ4v) is 3.97. The predicted octanol–water partition coefficient (Wildman–Crippen LogP) is 1.66. The quantitative estimate of drug-likeness (QED) is 0.324. The van der Waals surface area contributed by atoms with Crippen molar-refractivity contribution >= 4 is 15.8 Å². The first kappa shape index (κ1) is 20.7. The summed E-state index contributed by atoms with van der Waals surface area (Å²) in [5, 5.41) is 30.5. The smallest absolute Gasteiger partial charge is 0.243 e. The lowest BCUT2D eigenvalue weighted by Gasteiger charge is -2.33. The topological polar surface area (TPSA) is 124 Å². The summed E-state index contributed by atoms with van der Waals surface area (Å²) >= 11 is 0. The molecule has 0 spiro atoms. The van der Waals surface area contributed by atoms with E-state index in [2.05, 4.69) is 4.72 Å². The Morgan fingerprint density at radius 3 is 2.38 bits per heavy atom. The maximum atomic E-state index is 12.5. The number of sulfonamides is 1. The van der Waals surface area contributed by atoms with Crippen LogP contribution in [0.3, 0.4) is 0 Å². The van der Waals surface area contributed by atoms with Crippen LogP contribution in [-0.4, -0.2) is 41.3 Å². The van der Waals surface area contributed by atoms with E-state index in [1.165, 1.54) is 36.4 Å². The monoisotopic (exact) mass is 413 g/mol. The number of aliphatic hydroxyl groups excluding tert-OH is 1. The number of phenols is 1. The minimum atomic E-state index is -4.21. The maximum Gasteiger partial charge on any atom is 0.243 e. The highest BCUT2D eigenvalue weighted by Crippen LogP contribution is 2.25. The predicted molar refractivity (Wildman–Crippen MR) is 107 cm³/mol. The Bertz CT molecular complexity index is 1090. The summed E-state index contributed by atoms with van der Waals surface area (Å²) in [7, 11) is -4.21. The summed E-state index contributed by atoms with van der Waals surface area (Å²) in [4.78, 5) is 12.0. The van der Waals surface area contributed by atoms with Crippen LogP contribution >= 0.6 is 0 Å². The molecule has 0 amide bonds. The van der Waals surface area contributed by atoms with E-state index in [1.807, 2.05) is 0 Å². The first-order valence-corrected chi connectivity index (χ1v) is 10.1. The molecule has 2 aromatic carbocycles. The molecule has 0 aromatic heterocycles. The van der Waals surface area contributed by atoms with Crippen molar-refractivity contribution in [2.75, 3.05) is 0 Å². The number of hydrogen-bond donors (Lipinski definition) is 4. The number of ketones is 1. The van der Waals surface area contributed by atoms with E-state index >= 15 is 0 Å². The summed E-state index contributed by atoms with van der Waals surface area (Å²) in [6, 6.07) is 13.2. The van der Waals surface area contributed by atoms with Gasteiger partial charge in [0.05, 0.1) is 4.90 Å². The average Bonchev–Trinajstić information content (AvgIpc) is 2.69. The lowest BCUT2D eigenvalue weighted by atomic mass is 9.93. The van der Waals surface area contributed by atoms with E-state index in [1.54, 1.807) is 30.3 Å². The van der Waals surface area contributed by atoms with Crippen LogP contribution in [0.5, 0.6) is 5.75 Å².